The first-order valence-corrected chi connectivity index (χ1v) is 18.1. The Hall–Kier alpha value is -5.63. The summed E-state index contributed by atoms with van der Waals surface area (Å²) < 4.78 is 4.97. The average Bonchev–Trinajstić information content (AvgIpc) is 3.67. The summed E-state index contributed by atoms with van der Waals surface area (Å²) in [5, 5.41) is 19.2. The Kier molecular flexibility index (Phi) is 7.82. The van der Waals surface area contributed by atoms with Gasteiger partial charge in [-0.05, 0) is 73.9 Å². The highest BCUT2D eigenvalue weighted by atomic mass is 32.1. The van der Waals surface area contributed by atoms with E-state index in [0.717, 1.165) is 39.3 Å². The SMILES string of the molecule is C/C=C\C(=C/C(C)(C)c1c(Nc2ccccc2)ccc2c1sc1ccccc12)C1=C(n2c3ccccc3c3ccccc32)C=CC(C)(C#N)C1. The van der Waals surface area contributed by atoms with Crippen LogP contribution in [0.4, 0.5) is 11.4 Å². The third-order valence-corrected chi connectivity index (χ3v) is 11.2. The minimum absolute atomic E-state index is 0.407. The Morgan fingerprint density at radius 1 is 0.820 bits per heavy atom. The standard InChI is InChI=1S/C46H39N3S/c1-5-15-31(37-29-46(4,30-47)27-26-41(37)49-39-21-12-9-18-33(39)34-19-10-13-22-40(34)49)28-45(2,3)43-38(48-32-16-7-6-8-17-32)25-24-36-35-20-11-14-23-42(35)50-44(36)43/h5-28,48H,29H2,1-4H3/b15-5-,31-28+. The topological polar surface area (TPSA) is 40.8 Å². The van der Waals surface area contributed by atoms with Gasteiger partial charge in [-0.15, -0.1) is 11.3 Å². The van der Waals surface area contributed by atoms with Gasteiger partial charge in [0.25, 0.3) is 0 Å². The number of allylic oxidation sites excluding steroid dienone is 8. The minimum atomic E-state index is -0.631. The highest BCUT2D eigenvalue weighted by Gasteiger charge is 2.32. The van der Waals surface area contributed by atoms with Crippen molar-refractivity contribution in [2.45, 2.75) is 39.5 Å². The summed E-state index contributed by atoms with van der Waals surface area (Å²) in [6.07, 6.45) is 11.7. The van der Waals surface area contributed by atoms with Crippen LogP contribution in [0, 0.1) is 16.7 Å². The first-order valence-electron chi connectivity index (χ1n) is 17.3. The van der Waals surface area contributed by atoms with Crippen LogP contribution >= 0.6 is 11.3 Å². The van der Waals surface area contributed by atoms with Crippen molar-refractivity contribution in [2.24, 2.45) is 5.41 Å². The van der Waals surface area contributed by atoms with Crippen LogP contribution in [0.25, 0.3) is 47.7 Å². The van der Waals surface area contributed by atoms with Crippen molar-refractivity contribution in [3.05, 3.63) is 162 Å². The molecule has 4 heteroatoms. The van der Waals surface area contributed by atoms with Crippen molar-refractivity contribution in [2.75, 3.05) is 5.32 Å². The van der Waals surface area contributed by atoms with Gasteiger partial charge in [0, 0.05) is 59.0 Å². The quantitative estimate of drug-likeness (QED) is 0.172. The summed E-state index contributed by atoms with van der Waals surface area (Å²) in [5.74, 6) is 0. The number of anilines is 2. The van der Waals surface area contributed by atoms with E-state index in [9.17, 15) is 5.26 Å². The molecule has 1 aliphatic rings. The molecule has 0 fully saturated rings. The smallest absolute Gasteiger partial charge is 0.0770 e. The first-order chi connectivity index (χ1) is 24.3. The van der Waals surface area contributed by atoms with E-state index < -0.39 is 10.8 Å². The Bertz CT molecular complexity index is 2550. The zero-order chi connectivity index (χ0) is 34.5. The van der Waals surface area contributed by atoms with Gasteiger partial charge >= 0.3 is 0 Å². The van der Waals surface area contributed by atoms with Gasteiger partial charge in [-0.1, -0.05) is 117 Å². The van der Waals surface area contributed by atoms with Crippen LogP contribution in [-0.4, -0.2) is 4.57 Å². The summed E-state index contributed by atoms with van der Waals surface area (Å²) in [4.78, 5) is 0. The number of nitrogens with zero attached hydrogens (tertiary/aromatic N) is 2. The molecule has 0 aliphatic heterocycles. The third-order valence-electron chi connectivity index (χ3n) is 9.99. The number of para-hydroxylation sites is 3. The van der Waals surface area contributed by atoms with Crippen molar-refractivity contribution in [3.8, 4) is 6.07 Å². The summed E-state index contributed by atoms with van der Waals surface area (Å²) in [5.41, 5.74) is 8.10. The van der Waals surface area contributed by atoms with Crippen molar-refractivity contribution in [1.82, 2.24) is 4.57 Å². The molecule has 0 spiro atoms. The molecule has 0 amide bonds. The molecule has 0 radical (unpaired) electrons. The second-order valence-corrected chi connectivity index (χ2v) is 15.1. The van der Waals surface area contributed by atoms with Gasteiger partial charge in [-0.3, -0.25) is 0 Å². The second kappa shape index (κ2) is 12.4. The van der Waals surface area contributed by atoms with Gasteiger partial charge < -0.3 is 9.88 Å². The van der Waals surface area contributed by atoms with E-state index in [0.29, 0.717) is 6.42 Å². The predicted molar refractivity (Wildman–Crippen MR) is 215 cm³/mol. The van der Waals surface area contributed by atoms with Crippen molar-refractivity contribution in [3.63, 3.8) is 0 Å². The molecular formula is C46H39N3S. The number of fused-ring (bicyclic) bond motifs is 6. The first kappa shape index (κ1) is 31.6. The number of hydrogen-bond donors (Lipinski definition) is 1. The maximum atomic E-state index is 10.4. The lowest BCUT2D eigenvalue weighted by atomic mass is 9.75. The van der Waals surface area contributed by atoms with E-state index in [4.69, 9.17) is 0 Å². The molecule has 2 heterocycles. The highest BCUT2D eigenvalue weighted by Crippen LogP contribution is 2.47. The van der Waals surface area contributed by atoms with Crippen LogP contribution < -0.4 is 5.32 Å². The average molecular weight is 666 g/mol. The third kappa shape index (κ3) is 5.35. The van der Waals surface area contributed by atoms with E-state index in [2.05, 4.69) is 176 Å². The number of thiophene rings is 1. The van der Waals surface area contributed by atoms with Crippen LogP contribution in [0.3, 0.4) is 0 Å². The Labute approximate surface area is 297 Å². The lowest BCUT2D eigenvalue weighted by Crippen LogP contribution is -2.21. The van der Waals surface area contributed by atoms with Gasteiger partial charge in [-0.25, -0.2) is 0 Å². The number of hydrogen-bond acceptors (Lipinski definition) is 3. The Morgan fingerprint density at radius 2 is 1.46 bits per heavy atom. The maximum absolute atomic E-state index is 10.4. The van der Waals surface area contributed by atoms with Crippen LogP contribution in [0.5, 0.6) is 0 Å². The van der Waals surface area contributed by atoms with Gasteiger partial charge in [0.15, 0.2) is 0 Å². The van der Waals surface area contributed by atoms with E-state index in [1.165, 1.54) is 36.5 Å². The largest absolute Gasteiger partial charge is 0.355 e. The molecule has 244 valence electrons. The number of benzene rings is 5. The zero-order valence-corrected chi connectivity index (χ0v) is 29.7. The fraction of sp³-hybridized carbons (Fsp3) is 0.152. The van der Waals surface area contributed by atoms with E-state index >= 15 is 0 Å². The molecular weight excluding hydrogens is 627 g/mol. The second-order valence-electron chi connectivity index (χ2n) is 14.0. The minimum Gasteiger partial charge on any atom is -0.355 e. The van der Waals surface area contributed by atoms with E-state index in [-0.39, 0.29) is 0 Å². The maximum Gasteiger partial charge on any atom is 0.0770 e. The van der Waals surface area contributed by atoms with Gasteiger partial charge in [0.2, 0.25) is 0 Å². The molecule has 8 rings (SSSR count). The summed E-state index contributed by atoms with van der Waals surface area (Å²) in [6.45, 7) is 8.78. The molecule has 0 bridgehead atoms. The Morgan fingerprint density at radius 3 is 2.14 bits per heavy atom. The molecule has 0 saturated heterocycles. The summed E-state index contributed by atoms with van der Waals surface area (Å²) >= 11 is 1.86. The number of rotatable bonds is 7. The molecule has 3 nitrogen and oxygen atoms in total. The Balaban J connectivity index is 1.40. The fourth-order valence-corrected chi connectivity index (χ4v) is 9.10. The summed E-state index contributed by atoms with van der Waals surface area (Å²) in [7, 11) is 0. The van der Waals surface area contributed by atoms with Crippen LogP contribution in [0.2, 0.25) is 0 Å². The van der Waals surface area contributed by atoms with Crippen molar-refractivity contribution < 1.29 is 0 Å². The normalized spacial score (nSPS) is 17.1. The lowest BCUT2D eigenvalue weighted by Gasteiger charge is -2.31. The van der Waals surface area contributed by atoms with Crippen molar-refractivity contribution in [1.29, 1.82) is 5.26 Å². The van der Waals surface area contributed by atoms with E-state index in [1.54, 1.807) is 0 Å². The van der Waals surface area contributed by atoms with Crippen molar-refractivity contribution >= 4 is 70.4 Å². The number of nitriles is 1. The zero-order valence-electron chi connectivity index (χ0n) is 28.9. The monoisotopic (exact) mass is 665 g/mol. The van der Waals surface area contributed by atoms with Gasteiger partial charge in [0.1, 0.15) is 0 Å². The molecule has 50 heavy (non-hydrogen) atoms. The van der Waals surface area contributed by atoms with Gasteiger partial charge in [-0.2, -0.15) is 5.26 Å². The summed E-state index contributed by atoms with van der Waals surface area (Å²) in [6, 6.07) is 43.6. The lowest BCUT2D eigenvalue weighted by molar-refractivity contribution is 0.557. The molecule has 7 aromatic rings. The van der Waals surface area contributed by atoms with Gasteiger partial charge in [0.05, 0.1) is 22.5 Å². The number of aromatic nitrogens is 1. The highest BCUT2D eigenvalue weighted by molar-refractivity contribution is 7.26. The fourth-order valence-electron chi connectivity index (χ4n) is 7.68. The molecule has 1 aliphatic carbocycles. The van der Waals surface area contributed by atoms with Crippen LogP contribution in [0.1, 0.15) is 39.7 Å². The molecule has 1 N–H and O–H groups in total. The number of nitrogens with one attached hydrogen (secondary N) is 1. The van der Waals surface area contributed by atoms with Crippen LogP contribution in [0.15, 0.2) is 157 Å². The molecule has 1 unspecified atom stereocenters. The molecule has 2 aromatic heterocycles. The van der Waals surface area contributed by atoms with E-state index in [1.807, 2.05) is 24.3 Å². The van der Waals surface area contributed by atoms with Crippen LogP contribution in [-0.2, 0) is 5.41 Å². The predicted octanol–water partition coefficient (Wildman–Crippen LogP) is 13.1. The molecule has 0 saturated carbocycles. The molecule has 5 aromatic carbocycles. The molecule has 1 atom stereocenters.